The number of anilines is 1. The number of carbonyl (C=O) groups is 1. The van der Waals surface area contributed by atoms with E-state index >= 15 is 0 Å². The van der Waals surface area contributed by atoms with Gasteiger partial charge in [-0.05, 0) is 42.0 Å². The normalized spacial score (nSPS) is 11.5. The Bertz CT molecular complexity index is 895. The smallest absolute Gasteiger partial charge is 0.248 e. The fourth-order valence-corrected chi connectivity index (χ4v) is 2.72. The Morgan fingerprint density at radius 3 is 2.62 bits per heavy atom. The van der Waals surface area contributed by atoms with Gasteiger partial charge in [0.25, 0.3) is 0 Å². The maximum atomic E-state index is 11.9. The summed E-state index contributed by atoms with van der Waals surface area (Å²) in [4.78, 5) is 11.8. The van der Waals surface area contributed by atoms with Crippen LogP contribution in [0, 0.1) is 0 Å². The average Bonchev–Trinajstić information content (AvgIpc) is 2.52. The highest BCUT2D eigenvalue weighted by Gasteiger charge is 2.08. The summed E-state index contributed by atoms with van der Waals surface area (Å²) in [5, 5.41) is 8.04. The van der Waals surface area contributed by atoms with Crippen LogP contribution in [0.1, 0.15) is 5.56 Å². The molecule has 2 aromatic rings. The zero-order chi connectivity index (χ0) is 17.7. The van der Waals surface area contributed by atoms with Crippen LogP contribution in [0.3, 0.4) is 0 Å². The Balaban J connectivity index is 2.09. The number of primary sulfonamides is 1. The molecule has 8 heteroatoms. The number of ether oxygens (including phenoxy) is 1. The Hall–Kier alpha value is -2.35. The van der Waals surface area contributed by atoms with Crippen LogP contribution < -0.4 is 15.2 Å². The molecule has 0 heterocycles. The average molecular weight is 367 g/mol. The van der Waals surface area contributed by atoms with Gasteiger partial charge in [0.05, 0.1) is 17.0 Å². The van der Waals surface area contributed by atoms with E-state index in [1.165, 1.54) is 31.4 Å². The van der Waals surface area contributed by atoms with Crippen molar-refractivity contribution in [2.75, 3.05) is 12.4 Å². The van der Waals surface area contributed by atoms with Crippen LogP contribution in [0.15, 0.2) is 53.4 Å². The van der Waals surface area contributed by atoms with Gasteiger partial charge < -0.3 is 10.1 Å². The number of nitrogens with one attached hydrogen (secondary N) is 1. The van der Waals surface area contributed by atoms with Crippen molar-refractivity contribution < 1.29 is 17.9 Å². The molecular formula is C16H15ClN2O4S. The maximum absolute atomic E-state index is 11.9. The zero-order valence-electron chi connectivity index (χ0n) is 12.7. The van der Waals surface area contributed by atoms with E-state index in [0.717, 1.165) is 0 Å². The first-order valence-electron chi connectivity index (χ1n) is 6.75. The molecule has 24 heavy (non-hydrogen) atoms. The van der Waals surface area contributed by atoms with Gasteiger partial charge in [0.1, 0.15) is 5.75 Å². The summed E-state index contributed by atoms with van der Waals surface area (Å²) in [6.45, 7) is 0. The molecule has 6 nitrogen and oxygen atoms in total. The SMILES string of the molecule is COc1ccc(C=CC(=O)Nc2cccc(S(N)(=O)=O)c2)cc1Cl. The fourth-order valence-electron chi connectivity index (χ4n) is 1.89. The number of sulfonamides is 1. The number of halogens is 1. The van der Waals surface area contributed by atoms with E-state index in [0.29, 0.717) is 22.0 Å². The monoisotopic (exact) mass is 366 g/mol. The van der Waals surface area contributed by atoms with Crippen LogP contribution in [-0.4, -0.2) is 21.4 Å². The largest absolute Gasteiger partial charge is 0.495 e. The molecule has 0 bridgehead atoms. The van der Waals surface area contributed by atoms with Crippen LogP contribution in [-0.2, 0) is 14.8 Å². The number of hydrogen-bond donors (Lipinski definition) is 2. The Morgan fingerprint density at radius 2 is 2.00 bits per heavy atom. The van der Waals surface area contributed by atoms with Crippen molar-refractivity contribution in [1.29, 1.82) is 0 Å². The van der Waals surface area contributed by atoms with Gasteiger partial charge in [-0.2, -0.15) is 0 Å². The highest BCUT2D eigenvalue weighted by Crippen LogP contribution is 2.25. The topological polar surface area (TPSA) is 98.5 Å². The number of carbonyl (C=O) groups excluding carboxylic acids is 1. The minimum absolute atomic E-state index is 0.0776. The zero-order valence-corrected chi connectivity index (χ0v) is 14.3. The molecule has 3 N–H and O–H groups in total. The molecule has 0 fully saturated rings. The highest BCUT2D eigenvalue weighted by atomic mass is 35.5. The molecule has 0 saturated heterocycles. The Kier molecular flexibility index (Phi) is 5.61. The second-order valence-electron chi connectivity index (χ2n) is 4.79. The summed E-state index contributed by atoms with van der Waals surface area (Å²) >= 11 is 6.01. The van der Waals surface area contributed by atoms with Gasteiger partial charge in [0.15, 0.2) is 0 Å². The van der Waals surface area contributed by atoms with Crippen LogP contribution in [0.2, 0.25) is 5.02 Å². The minimum Gasteiger partial charge on any atom is -0.495 e. The molecule has 0 aliphatic rings. The lowest BCUT2D eigenvalue weighted by atomic mass is 10.2. The van der Waals surface area contributed by atoms with E-state index in [-0.39, 0.29) is 4.90 Å². The van der Waals surface area contributed by atoms with Gasteiger partial charge in [0.2, 0.25) is 15.9 Å². The first kappa shape index (κ1) is 18.0. The molecule has 2 aromatic carbocycles. The van der Waals surface area contributed by atoms with E-state index in [4.69, 9.17) is 21.5 Å². The minimum atomic E-state index is -3.82. The van der Waals surface area contributed by atoms with Crippen LogP contribution in [0.5, 0.6) is 5.75 Å². The second kappa shape index (κ2) is 7.48. The van der Waals surface area contributed by atoms with Gasteiger partial charge in [-0.15, -0.1) is 0 Å². The molecule has 126 valence electrons. The van der Waals surface area contributed by atoms with Crippen molar-refractivity contribution in [3.8, 4) is 5.75 Å². The van der Waals surface area contributed by atoms with E-state index in [2.05, 4.69) is 5.32 Å². The molecule has 0 spiro atoms. The first-order chi connectivity index (χ1) is 11.3. The van der Waals surface area contributed by atoms with Crippen LogP contribution in [0.25, 0.3) is 6.08 Å². The van der Waals surface area contributed by atoms with Crippen molar-refractivity contribution in [1.82, 2.24) is 0 Å². The summed E-state index contributed by atoms with van der Waals surface area (Å²) < 4.78 is 27.6. The van der Waals surface area contributed by atoms with Crippen LogP contribution in [0.4, 0.5) is 5.69 Å². The van der Waals surface area contributed by atoms with Gasteiger partial charge in [-0.25, -0.2) is 13.6 Å². The summed E-state index contributed by atoms with van der Waals surface area (Å²) in [5.74, 6) is 0.117. The molecule has 0 saturated carbocycles. The number of benzene rings is 2. The van der Waals surface area contributed by atoms with Crippen molar-refractivity contribution >= 4 is 39.3 Å². The number of hydrogen-bond acceptors (Lipinski definition) is 4. The lowest BCUT2D eigenvalue weighted by molar-refractivity contribution is -0.111. The molecule has 0 atom stereocenters. The number of rotatable bonds is 5. The Labute approximate surface area is 144 Å². The van der Waals surface area contributed by atoms with Gasteiger partial charge >= 0.3 is 0 Å². The number of nitrogens with two attached hydrogens (primary N) is 1. The van der Waals surface area contributed by atoms with Gasteiger partial charge in [0, 0.05) is 11.8 Å². The molecule has 0 unspecified atom stereocenters. The van der Waals surface area contributed by atoms with Crippen molar-refractivity contribution in [3.05, 3.63) is 59.1 Å². The highest BCUT2D eigenvalue weighted by molar-refractivity contribution is 7.89. The van der Waals surface area contributed by atoms with Crippen molar-refractivity contribution in [3.63, 3.8) is 0 Å². The standard InChI is InChI=1S/C16H15ClN2O4S/c1-23-15-7-5-11(9-14(15)17)6-8-16(20)19-12-3-2-4-13(10-12)24(18,21)22/h2-10H,1H3,(H,19,20)(H2,18,21,22). The maximum Gasteiger partial charge on any atom is 0.248 e. The van der Waals surface area contributed by atoms with Gasteiger partial charge in [-0.1, -0.05) is 23.7 Å². The predicted molar refractivity (Wildman–Crippen MR) is 93.5 cm³/mol. The quantitative estimate of drug-likeness (QED) is 0.794. The van der Waals surface area contributed by atoms with Crippen LogP contribution >= 0.6 is 11.6 Å². The number of methoxy groups -OCH3 is 1. The van der Waals surface area contributed by atoms with Crippen molar-refractivity contribution in [2.45, 2.75) is 4.90 Å². The second-order valence-corrected chi connectivity index (χ2v) is 6.76. The predicted octanol–water partition coefficient (Wildman–Crippen LogP) is 2.65. The molecular weight excluding hydrogens is 352 g/mol. The van der Waals surface area contributed by atoms with Gasteiger partial charge in [-0.3, -0.25) is 4.79 Å². The molecule has 0 aromatic heterocycles. The molecule has 1 amide bonds. The molecule has 2 rings (SSSR count). The summed E-state index contributed by atoms with van der Waals surface area (Å²) in [6, 6.07) is 10.8. The lowest BCUT2D eigenvalue weighted by Crippen LogP contribution is -2.13. The molecule has 0 aliphatic carbocycles. The third-order valence-corrected chi connectivity index (χ3v) is 4.24. The summed E-state index contributed by atoms with van der Waals surface area (Å²) in [5.41, 5.74) is 1.04. The Morgan fingerprint density at radius 1 is 1.25 bits per heavy atom. The third-order valence-electron chi connectivity index (χ3n) is 3.03. The first-order valence-corrected chi connectivity index (χ1v) is 8.67. The third kappa shape index (κ3) is 4.82. The van der Waals surface area contributed by atoms with E-state index in [1.807, 2.05) is 0 Å². The molecule has 0 aliphatic heterocycles. The van der Waals surface area contributed by atoms with Crippen molar-refractivity contribution in [2.24, 2.45) is 5.14 Å². The summed E-state index contributed by atoms with van der Waals surface area (Å²) in [6.07, 6.45) is 2.88. The summed E-state index contributed by atoms with van der Waals surface area (Å²) in [7, 11) is -2.31. The van der Waals surface area contributed by atoms with E-state index < -0.39 is 15.9 Å². The van der Waals surface area contributed by atoms with E-state index in [1.54, 1.807) is 30.3 Å². The number of amides is 1. The fraction of sp³-hybridized carbons (Fsp3) is 0.0625. The lowest BCUT2D eigenvalue weighted by Gasteiger charge is -2.05. The van der Waals surface area contributed by atoms with E-state index in [9.17, 15) is 13.2 Å². The molecule has 0 radical (unpaired) electrons.